The Kier molecular flexibility index (Phi) is 21.7. The molecule has 3 rings (SSSR count). The first-order valence-electron chi connectivity index (χ1n) is 20.0. The van der Waals surface area contributed by atoms with E-state index in [1.54, 1.807) is 30.3 Å². The van der Waals surface area contributed by atoms with Crippen LogP contribution in [0, 0.1) is 0 Å². The summed E-state index contributed by atoms with van der Waals surface area (Å²) in [4.78, 5) is 75.5. The van der Waals surface area contributed by atoms with Gasteiger partial charge in [-0.3, -0.25) is 24.0 Å². The second-order valence-electron chi connectivity index (χ2n) is 14.7. The van der Waals surface area contributed by atoms with Gasteiger partial charge >= 0.3 is 12.1 Å². The molecular weight excluding hydrogens is 814 g/mol. The Hall–Kier alpha value is -4.56. The molecule has 0 bridgehead atoms. The molecule has 2 saturated heterocycles. The van der Waals surface area contributed by atoms with Crippen LogP contribution in [0.3, 0.4) is 0 Å². The molecule has 2 fully saturated rings. The number of aliphatic hydroxyl groups excluding tert-OH is 8. The molecule has 12 atom stereocenters. The summed E-state index contributed by atoms with van der Waals surface area (Å²) < 4.78 is 16.0. The van der Waals surface area contributed by atoms with Gasteiger partial charge in [-0.05, 0) is 37.7 Å². The smallest absolute Gasteiger partial charge is 0.408 e. The average Bonchev–Trinajstić information content (AvgIpc) is 3.24. The molecule has 5 amide bonds. The molecule has 1 aromatic carbocycles. The third kappa shape index (κ3) is 16.7. The van der Waals surface area contributed by atoms with Crippen molar-refractivity contribution in [2.45, 2.75) is 131 Å². The minimum absolute atomic E-state index is 0.0168. The van der Waals surface area contributed by atoms with Crippen LogP contribution in [0.4, 0.5) is 4.79 Å². The van der Waals surface area contributed by atoms with Crippen LogP contribution in [0.25, 0.3) is 0 Å². The van der Waals surface area contributed by atoms with E-state index in [9.17, 15) is 69.6 Å². The number of aliphatic carboxylic acids is 1. The van der Waals surface area contributed by atoms with Gasteiger partial charge in [0.25, 0.3) is 0 Å². The number of carbonyl (C=O) groups excluding carboxylic acids is 5. The molecule has 14 N–H and O–H groups in total. The lowest BCUT2D eigenvalue weighted by molar-refractivity contribution is -0.229. The van der Waals surface area contributed by atoms with E-state index in [1.165, 1.54) is 0 Å². The third-order valence-electron chi connectivity index (χ3n) is 10.1. The molecule has 0 aromatic heterocycles. The lowest BCUT2D eigenvalue weighted by atomic mass is 9.93. The Morgan fingerprint density at radius 2 is 1.08 bits per heavy atom. The van der Waals surface area contributed by atoms with Crippen molar-refractivity contribution >= 4 is 35.7 Å². The maximum Gasteiger partial charge on any atom is 0.408 e. The lowest BCUT2D eigenvalue weighted by Crippen LogP contribution is -2.59. The van der Waals surface area contributed by atoms with Gasteiger partial charge in [-0.15, -0.1) is 0 Å². The molecule has 2 aliphatic heterocycles. The average molecular weight is 874 g/mol. The standard InChI is InChI=1S/C38H59N5O18/c44-17-25-32(52)34(54)30(50)23(60-25)12-15-39-27(46)10-8-21(36(56)41-16-13-24-31(51)35(55)33(53)26(18-45)61-24)42-28(47)7-4-14-40-37(57)22(9-11-29(48)49)43-38(58)59-19-20-5-2-1-3-6-20/h1-3,5-6,21-26,30-35,44-45,50-55H,4,7-19H2,(H,39,46)(H,40,57)(H,41,56)(H,42,47)(H,43,58)(H,48,49)/t21-,22-,23+,24+,25+,26+,30+,31+,32+,33+,34+,35+/m0/s1. The minimum atomic E-state index is -1.63. The Labute approximate surface area is 350 Å². The molecule has 23 heteroatoms. The summed E-state index contributed by atoms with van der Waals surface area (Å²) >= 11 is 0. The van der Waals surface area contributed by atoms with E-state index in [1.807, 2.05) is 0 Å². The van der Waals surface area contributed by atoms with Gasteiger partial charge in [0.2, 0.25) is 23.6 Å². The van der Waals surface area contributed by atoms with Gasteiger partial charge in [0.05, 0.1) is 25.4 Å². The van der Waals surface area contributed by atoms with Crippen molar-refractivity contribution < 1.29 is 88.9 Å². The first kappa shape index (κ1) is 50.8. The highest BCUT2D eigenvalue weighted by atomic mass is 16.6. The zero-order chi connectivity index (χ0) is 45.1. The maximum atomic E-state index is 13.3. The van der Waals surface area contributed by atoms with Crippen molar-refractivity contribution in [2.24, 2.45) is 0 Å². The molecule has 23 nitrogen and oxygen atoms in total. The summed E-state index contributed by atoms with van der Waals surface area (Å²) in [6, 6.07) is 6.14. The molecule has 0 unspecified atom stereocenters. The molecule has 0 spiro atoms. The fourth-order valence-electron chi connectivity index (χ4n) is 6.58. The number of carboxylic acids is 1. The van der Waals surface area contributed by atoms with Crippen LogP contribution < -0.4 is 26.6 Å². The van der Waals surface area contributed by atoms with Crippen LogP contribution in [0.2, 0.25) is 0 Å². The molecule has 0 radical (unpaired) electrons. The van der Waals surface area contributed by atoms with Gasteiger partial charge in [-0.25, -0.2) is 4.79 Å². The summed E-state index contributed by atoms with van der Waals surface area (Å²) in [6.45, 7) is -1.70. The number of hydrogen-bond acceptors (Lipinski definition) is 17. The van der Waals surface area contributed by atoms with E-state index >= 15 is 0 Å². The fourth-order valence-corrected chi connectivity index (χ4v) is 6.58. The number of ether oxygens (including phenoxy) is 3. The maximum absolute atomic E-state index is 13.3. The minimum Gasteiger partial charge on any atom is -0.481 e. The first-order chi connectivity index (χ1) is 29.1. The lowest BCUT2D eigenvalue weighted by Gasteiger charge is -2.40. The predicted molar refractivity (Wildman–Crippen MR) is 207 cm³/mol. The van der Waals surface area contributed by atoms with Gasteiger partial charge in [-0.1, -0.05) is 30.3 Å². The summed E-state index contributed by atoms with van der Waals surface area (Å²) in [7, 11) is 0. The van der Waals surface area contributed by atoms with Crippen LogP contribution in [0.15, 0.2) is 30.3 Å². The monoisotopic (exact) mass is 873 g/mol. The van der Waals surface area contributed by atoms with E-state index in [0.29, 0.717) is 5.56 Å². The topological polar surface area (TPSA) is 372 Å². The number of benzene rings is 1. The number of alkyl carbamates (subject to hydrolysis) is 1. The molecular formula is C38H59N5O18. The first-order valence-corrected chi connectivity index (χ1v) is 20.0. The Bertz CT molecular complexity index is 1560. The summed E-state index contributed by atoms with van der Waals surface area (Å²) in [5.41, 5.74) is 0.684. The van der Waals surface area contributed by atoms with E-state index in [2.05, 4.69) is 26.6 Å². The van der Waals surface area contributed by atoms with Gasteiger partial charge in [0.1, 0.15) is 67.5 Å². The summed E-state index contributed by atoms with van der Waals surface area (Å²) in [5.74, 6) is -3.90. The number of hydrogen-bond donors (Lipinski definition) is 14. The van der Waals surface area contributed by atoms with Crippen molar-refractivity contribution in [3.8, 4) is 0 Å². The van der Waals surface area contributed by atoms with Gasteiger partial charge in [0.15, 0.2) is 0 Å². The Balaban J connectivity index is 1.53. The van der Waals surface area contributed by atoms with Crippen molar-refractivity contribution in [3.63, 3.8) is 0 Å². The molecule has 2 heterocycles. The van der Waals surface area contributed by atoms with Crippen molar-refractivity contribution in [1.82, 2.24) is 26.6 Å². The van der Waals surface area contributed by atoms with Crippen LogP contribution in [0.1, 0.15) is 56.9 Å². The molecule has 0 aliphatic carbocycles. The highest BCUT2D eigenvalue weighted by Gasteiger charge is 2.44. The second kappa shape index (κ2) is 26.0. The van der Waals surface area contributed by atoms with E-state index in [0.717, 1.165) is 0 Å². The van der Waals surface area contributed by atoms with E-state index in [-0.39, 0.29) is 71.2 Å². The van der Waals surface area contributed by atoms with Crippen LogP contribution >= 0.6 is 0 Å². The number of nitrogens with one attached hydrogen (secondary N) is 5. The van der Waals surface area contributed by atoms with Gasteiger partial charge in [-0.2, -0.15) is 0 Å². The van der Waals surface area contributed by atoms with Gasteiger partial charge < -0.3 is 86.8 Å². The van der Waals surface area contributed by atoms with Crippen molar-refractivity contribution in [2.75, 3.05) is 32.8 Å². The zero-order valence-corrected chi connectivity index (χ0v) is 33.4. The van der Waals surface area contributed by atoms with Crippen LogP contribution in [0.5, 0.6) is 0 Å². The largest absolute Gasteiger partial charge is 0.481 e. The van der Waals surface area contributed by atoms with Crippen molar-refractivity contribution in [3.05, 3.63) is 35.9 Å². The number of carboxylic acid groups (broad SMARTS) is 1. The number of rotatable bonds is 24. The van der Waals surface area contributed by atoms with E-state index in [4.69, 9.17) is 19.3 Å². The van der Waals surface area contributed by atoms with Crippen LogP contribution in [-0.4, -0.2) is 188 Å². The Morgan fingerprint density at radius 1 is 0.590 bits per heavy atom. The molecule has 2 aliphatic rings. The number of aliphatic hydroxyl groups is 8. The van der Waals surface area contributed by atoms with Crippen LogP contribution in [-0.2, 0) is 44.8 Å². The normalized spacial score (nSPS) is 27.1. The number of amides is 5. The molecule has 61 heavy (non-hydrogen) atoms. The fraction of sp³-hybridized carbons (Fsp3) is 0.684. The Morgan fingerprint density at radius 3 is 1.62 bits per heavy atom. The highest BCUT2D eigenvalue weighted by Crippen LogP contribution is 2.24. The zero-order valence-electron chi connectivity index (χ0n) is 33.4. The summed E-state index contributed by atoms with van der Waals surface area (Å²) in [5, 5.41) is 101. The second-order valence-corrected chi connectivity index (χ2v) is 14.7. The van der Waals surface area contributed by atoms with E-state index < -0.39 is 128 Å². The molecule has 1 aromatic rings. The summed E-state index contributed by atoms with van der Waals surface area (Å²) in [6.07, 6.45) is -16.3. The SMILES string of the molecule is O=C(O)CC[C@H](NC(=O)OCc1ccccc1)C(=O)NCCCC(=O)N[C@@H](CCC(=O)NCC[C@H]1O[C@H](CO)[C@@H](O)[C@H](O)[C@@H]1O)C(=O)NCC[C@H]1O[C@H](CO)[C@@H](O)[C@H](O)[C@@H]1O. The van der Waals surface area contributed by atoms with Crippen molar-refractivity contribution in [1.29, 1.82) is 0 Å². The number of carbonyl (C=O) groups is 6. The molecule has 344 valence electrons. The molecule has 0 saturated carbocycles. The third-order valence-corrected chi connectivity index (χ3v) is 10.1. The van der Waals surface area contributed by atoms with Gasteiger partial charge in [0, 0.05) is 38.9 Å². The highest BCUT2D eigenvalue weighted by molar-refractivity contribution is 5.88. The predicted octanol–water partition coefficient (Wildman–Crippen LogP) is -4.99. The quantitative estimate of drug-likeness (QED) is 0.0433.